The third-order valence-electron chi connectivity index (χ3n) is 6.68. The fraction of sp³-hybridized carbons (Fsp3) is 0.273. The van der Waals surface area contributed by atoms with Crippen LogP contribution in [0.3, 0.4) is 0 Å². The summed E-state index contributed by atoms with van der Waals surface area (Å²) in [6, 6.07) is 19.9. The molecule has 5 heteroatoms. The van der Waals surface area contributed by atoms with Crippen LogP contribution >= 0.6 is 0 Å². The molecule has 0 heterocycles. The van der Waals surface area contributed by atoms with Gasteiger partial charge in [0, 0.05) is 16.5 Å². The van der Waals surface area contributed by atoms with Crippen molar-refractivity contribution in [3.05, 3.63) is 118 Å². The minimum Gasteiger partial charge on any atom is -0.206 e. The van der Waals surface area contributed by atoms with Gasteiger partial charge in [-0.05, 0) is 84.2 Å². The number of alkyl halides is 3. The van der Waals surface area contributed by atoms with Crippen molar-refractivity contribution in [2.45, 2.75) is 58.0 Å². The molecule has 4 rings (SSSR count). The van der Waals surface area contributed by atoms with E-state index in [1.807, 2.05) is 18.2 Å². The summed E-state index contributed by atoms with van der Waals surface area (Å²) in [5.74, 6) is 4.61. The molecule has 0 bridgehead atoms. The predicted molar refractivity (Wildman–Crippen MR) is 143 cm³/mol. The van der Waals surface area contributed by atoms with Crippen LogP contribution in [0.2, 0.25) is 0 Å². The Balaban J connectivity index is 1.42. The molecule has 38 heavy (non-hydrogen) atoms. The number of benzene rings is 4. The average molecular weight is 521 g/mol. The summed E-state index contributed by atoms with van der Waals surface area (Å²) in [7, 11) is 0. The van der Waals surface area contributed by atoms with Gasteiger partial charge in [0.2, 0.25) is 0 Å². The van der Waals surface area contributed by atoms with Crippen molar-refractivity contribution in [2.75, 3.05) is 0 Å². The zero-order chi connectivity index (χ0) is 27.1. The molecule has 0 aliphatic rings. The number of hydrogen-bond acceptors (Lipinski definition) is 0. The average Bonchev–Trinajstić information content (AvgIpc) is 2.89. The van der Waals surface area contributed by atoms with Crippen molar-refractivity contribution < 1.29 is 22.0 Å². The molecule has 0 atom stereocenters. The first-order chi connectivity index (χ1) is 18.2. The van der Waals surface area contributed by atoms with Gasteiger partial charge in [0.25, 0.3) is 0 Å². The number of hydrogen-bond donors (Lipinski definition) is 0. The second-order valence-corrected chi connectivity index (χ2v) is 9.54. The quantitative estimate of drug-likeness (QED) is 0.123. The summed E-state index contributed by atoms with van der Waals surface area (Å²) >= 11 is 0. The summed E-state index contributed by atoms with van der Waals surface area (Å²) in [4.78, 5) is 0. The Labute approximate surface area is 220 Å². The van der Waals surface area contributed by atoms with E-state index in [0.717, 1.165) is 29.7 Å². The van der Waals surface area contributed by atoms with Gasteiger partial charge in [-0.25, -0.2) is 8.78 Å². The Kier molecular flexibility index (Phi) is 8.84. The van der Waals surface area contributed by atoms with E-state index >= 15 is 4.39 Å². The molecule has 0 aliphatic carbocycles. The predicted octanol–water partition coefficient (Wildman–Crippen LogP) is 9.44. The highest BCUT2D eigenvalue weighted by molar-refractivity contribution is 5.85. The van der Waals surface area contributed by atoms with Crippen LogP contribution in [0, 0.1) is 23.5 Å². The first-order valence-corrected chi connectivity index (χ1v) is 12.9. The maximum atomic E-state index is 15.2. The van der Waals surface area contributed by atoms with E-state index < -0.39 is 17.6 Å². The van der Waals surface area contributed by atoms with Crippen molar-refractivity contribution in [3.8, 4) is 11.8 Å². The van der Waals surface area contributed by atoms with E-state index in [1.165, 1.54) is 37.3 Å². The van der Waals surface area contributed by atoms with Gasteiger partial charge in [-0.1, -0.05) is 74.4 Å². The lowest BCUT2D eigenvalue weighted by atomic mass is 9.98. The van der Waals surface area contributed by atoms with Crippen molar-refractivity contribution >= 4 is 10.8 Å². The molecule has 0 radical (unpaired) electrons. The number of rotatable bonds is 8. The van der Waals surface area contributed by atoms with Crippen LogP contribution in [0.5, 0.6) is 0 Å². The molecule has 0 spiro atoms. The monoisotopic (exact) mass is 520 g/mol. The van der Waals surface area contributed by atoms with Crippen molar-refractivity contribution in [2.24, 2.45) is 0 Å². The lowest BCUT2D eigenvalue weighted by Gasteiger charge is -2.10. The number of fused-ring (bicyclic) bond motifs is 1. The summed E-state index contributed by atoms with van der Waals surface area (Å²) < 4.78 is 67.3. The molecule has 0 nitrogen and oxygen atoms in total. The first-order valence-electron chi connectivity index (χ1n) is 12.9. The second-order valence-electron chi connectivity index (χ2n) is 9.54. The van der Waals surface area contributed by atoms with Gasteiger partial charge in [0.15, 0.2) is 0 Å². The molecule has 0 N–H and O–H groups in total. The molecule has 0 saturated heterocycles. The number of aryl methyl sites for hydroxylation is 3. The van der Waals surface area contributed by atoms with Crippen LogP contribution in [0.1, 0.15) is 66.0 Å². The largest absolute Gasteiger partial charge is 0.419 e. The maximum absolute atomic E-state index is 15.2. The Morgan fingerprint density at radius 2 is 1.37 bits per heavy atom. The third kappa shape index (κ3) is 7.01. The van der Waals surface area contributed by atoms with Crippen LogP contribution in [-0.2, 0) is 25.4 Å². The minimum absolute atomic E-state index is 0.221. The van der Waals surface area contributed by atoms with Crippen LogP contribution in [-0.4, -0.2) is 0 Å². The number of unbranched alkanes of at least 4 members (excludes halogenated alkanes) is 3. The molecule has 0 aliphatic heterocycles. The van der Waals surface area contributed by atoms with Crippen molar-refractivity contribution in [3.63, 3.8) is 0 Å². The van der Waals surface area contributed by atoms with Gasteiger partial charge < -0.3 is 0 Å². The maximum Gasteiger partial charge on any atom is 0.419 e. The molecule has 0 unspecified atom stereocenters. The van der Waals surface area contributed by atoms with E-state index in [9.17, 15) is 17.6 Å². The van der Waals surface area contributed by atoms with Gasteiger partial charge in [-0.3, -0.25) is 0 Å². The van der Waals surface area contributed by atoms with Gasteiger partial charge in [0.1, 0.15) is 11.6 Å². The molecule has 4 aromatic rings. The molecule has 0 aromatic heterocycles. The minimum atomic E-state index is -4.74. The fourth-order valence-electron chi connectivity index (χ4n) is 4.49. The topological polar surface area (TPSA) is 0 Å². The highest BCUT2D eigenvalue weighted by Gasteiger charge is 2.33. The summed E-state index contributed by atoms with van der Waals surface area (Å²) in [6.45, 7) is 2.21. The third-order valence-corrected chi connectivity index (χ3v) is 6.68. The molecule has 4 aromatic carbocycles. The summed E-state index contributed by atoms with van der Waals surface area (Å²) in [5.41, 5.74) is 2.51. The summed E-state index contributed by atoms with van der Waals surface area (Å²) in [6.07, 6.45) is 1.74. The van der Waals surface area contributed by atoms with Crippen LogP contribution in [0.15, 0.2) is 72.8 Å². The highest BCUT2D eigenvalue weighted by Crippen LogP contribution is 2.32. The van der Waals surface area contributed by atoms with Crippen molar-refractivity contribution in [1.82, 2.24) is 0 Å². The fourth-order valence-corrected chi connectivity index (χ4v) is 4.49. The molecule has 196 valence electrons. The number of halogens is 5. The van der Waals surface area contributed by atoms with Gasteiger partial charge in [-0.15, -0.1) is 0 Å². The lowest BCUT2D eigenvalue weighted by Crippen LogP contribution is -2.08. The Bertz CT molecular complexity index is 1450. The van der Waals surface area contributed by atoms with E-state index in [0.29, 0.717) is 21.9 Å². The summed E-state index contributed by atoms with van der Waals surface area (Å²) in [5, 5.41) is 1.15. The van der Waals surface area contributed by atoms with E-state index in [1.54, 1.807) is 24.3 Å². The standard InChI is InChI=1S/C33H29F5/c1-2-3-4-5-6-23-7-9-24(10-8-23)11-12-25-14-19-29-28(21-25)18-17-27(32(29)35)16-13-26-15-20-30(31(34)22-26)33(36,37)38/h7-10,14-15,17-22H,2-6,13,16H2,1H3. The first kappa shape index (κ1) is 27.4. The highest BCUT2D eigenvalue weighted by atomic mass is 19.4. The molecular weight excluding hydrogens is 491 g/mol. The van der Waals surface area contributed by atoms with Gasteiger partial charge in [-0.2, -0.15) is 13.2 Å². The lowest BCUT2D eigenvalue weighted by molar-refractivity contribution is -0.140. The SMILES string of the molecule is CCCCCCc1ccc(C#Cc2ccc3c(F)c(CCc4ccc(C(F)(F)F)c(F)c4)ccc3c2)cc1. The smallest absolute Gasteiger partial charge is 0.206 e. The van der Waals surface area contributed by atoms with E-state index in [-0.39, 0.29) is 18.7 Å². The molecular formula is C33H29F5. The Morgan fingerprint density at radius 1 is 0.658 bits per heavy atom. The Hall–Kier alpha value is -3.65. The zero-order valence-corrected chi connectivity index (χ0v) is 21.3. The Morgan fingerprint density at radius 3 is 2.08 bits per heavy atom. The molecule has 0 amide bonds. The van der Waals surface area contributed by atoms with Crippen LogP contribution < -0.4 is 0 Å². The normalized spacial score (nSPS) is 11.4. The second kappa shape index (κ2) is 12.3. The molecule has 0 fully saturated rings. The van der Waals surface area contributed by atoms with Gasteiger partial charge in [0.05, 0.1) is 5.56 Å². The van der Waals surface area contributed by atoms with Crippen LogP contribution in [0.4, 0.5) is 22.0 Å². The van der Waals surface area contributed by atoms with Gasteiger partial charge >= 0.3 is 6.18 Å². The van der Waals surface area contributed by atoms with Crippen molar-refractivity contribution in [1.29, 1.82) is 0 Å². The van der Waals surface area contributed by atoms with E-state index in [4.69, 9.17) is 0 Å². The van der Waals surface area contributed by atoms with Crippen LogP contribution in [0.25, 0.3) is 10.8 Å². The zero-order valence-electron chi connectivity index (χ0n) is 21.3. The molecule has 0 saturated carbocycles. The van der Waals surface area contributed by atoms with E-state index in [2.05, 4.69) is 30.9 Å².